The van der Waals surface area contributed by atoms with Gasteiger partial charge in [0.25, 0.3) is 0 Å². The molecule has 3 nitrogen and oxygen atoms in total. The van der Waals surface area contributed by atoms with Gasteiger partial charge in [-0.1, -0.05) is 12.1 Å². The molecule has 2 aromatic rings. The predicted octanol–water partition coefficient (Wildman–Crippen LogP) is 3.34. The summed E-state index contributed by atoms with van der Waals surface area (Å²) in [6.07, 6.45) is 0. The van der Waals surface area contributed by atoms with Gasteiger partial charge < -0.3 is 15.8 Å². The fourth-order valence-corrected chi connectivity index (χ4v) is 2.22. The number of hydrogen-bond acceptors (Lipinski definition) is 4. The van der Waals surface area contributed by atoms with Crippen molar-refractivity contribution < 1.29 is 4.74 Å². The number of anilines is 2. The molecule has 0 radical (unpaired) electrons. The Morgan fingerprint density at radius 3 is 2.88 bits per heavy atom. The van der Waals surface area contributed by atoms with Crippen LogP contribution in [-0.2, 0) is 6.54 Å². The monoisotopic (exact) mass is 248 g/mol. The molecule has 0 saturated heterocycles. The van der Waals surface area contributed by atoms with Gasteiger partial charge in [0.05, 0.1) is 18.0 Å². The summed E-state index contributed by atoms with van der Waals surface area (Å²) < 4.78 is 5.45. The first-order chi connectivity index (χ1) is 8.31. The average molecular weight is 248 g/mol. The van der Waals surface area contributed by atoms with Crippen LogP contribution in [0.25, 0.3) is 0 Å². The van der Waals surface area contributed by atoms with Gasteiger partial charge in [0.15, 0.2) is 0 Å². The topological polar surface area (TPSA) is 47.3 Å². The third kappa shape index (κ3) is 2.91. The zero-order chi connectivity index (χ0) is 12.1. The second-order valence-corrected chi connectivity index (χ2v) is 4.62. The Balaban J connectivity index is 2.07. The van der Waals surface area contributed by atoms with E-state index in [0.717, 1.165) is 18.0 Å². The summed E-state index contributed by atoms with van der Waals surface area (Å²) in [5, 5.41) is 5.39. The molecular formula is C13H16N2OS. The van der Waals surface area contributed by atoms with Crippen molar-refractivity contribution in [1.29, 1.82) is 0 Å². The first kappa shape index (κ1) is 11.8. The molecular weight excluding hydrogens is 232 g/mol. The standard InChI is InChI=1S/C13H16N2OS/c1-2-16-12-7-3-6-11(13(12)14)15-9-10-5-4-8-17-10/h3-8,15H,2,9,14H2,1H3. The summed E-state index contributed by atoms with van der Waals surface area (Å²) >= 11 is 1.73. The number of nitrogen functional groups attached to an aromatic ring is 1. The van der Waals surface area contributed by atoms with Crippen LogP contribution in [0.4, 0.5) is 11.4 Å². The highest BCUT2D eigenvalue weighted by atomic mass is 32.1. The Bertz CT molecular complexity index is 468. The van der Waals surface area contributed by atoms with Crippen LogP contribution in [0.3, 0.4) is 0 Å². The zero-order valence-corrected chi connectivity index (χ0v) is 10.6. The molecule has 1 aromatic heterocycles. The fraction of sp³-hybridized carbons (Fsp3) is 0.231. The molecule has 0 amide bonds. The highest BCUT2D eigenvalue weighted by Gasteiger charge is 2.05. The van der Waals surface area contributed by atoms with Crippen molar-refractivity contribution in [2.24, 2.45) is 0 Å². The molecule has 4 heteroatoms. The van der Waals surface area contributed by atoms with Gasteiger partial charge in [-0.25, -0.2) is 0 Å². The van der Waals surface area contributed by atoms with Crippen LogP contribution in [0.2, 0.25) is 0 Å². The number of nitrogens with two attached hydrogens (primary N) is 1. The van der Waals surface area contributed by atoms with Crippen LogP contribution in [0, 0.1) is 0 Å². The minimum atomic E-state index is 0.624. The maximum atomic E-state index is 6.02. The fourth-order valence-electron chi connectivity index (χ4n) is 1.58. The lowest BCUT2D eigenvalue weighted by molar-refractivity contribution is 0.342. The van der Waals surface area contributed by atoms with Crippen LogP contribution in [0.5, 0.6) is 5.75 Å². The van der Waals surface area contributed by atoms with Crippen molar-refractivity contribution in [3.05, 3.63) is 40.6 Å². The maximum absolute atomic E-state index is 6.02. The Morgan fingerprint density at radius 2 is 2.18 bits per heavy atom. The van der Waals surface area contributed by atoms with Gasteiger partial charge >= 0.3 is 0 Å². The minimum Gasteiger partial charge on any atom is -0.492 e. The van der Waals surface area contributed by atoms with Crippen molar-refractivity contribution in [2.45, 2.75) is 13.5 Å². The van der Waals surface area contributed by atoms with Crippen LogP contribution < -0.4 is 15.8 Å². The summed E-state index contributed by atoms with van der Waals surface area (Å²) in [5.41, 5.74) is 7.62. The van der Waals surface area contributed by atoms with E-state index < -0.39 is 0 Å². The van der Waals surface area contributed by atoms with Crippen LogP contribution in [-0.4, -0.2) is 6.61 Å². The molecule has 90 valence electrons. The Kier molecular flexibility index (Phi) is 3.88. The molecule has 0 bridgehead atoms. The van der Waals surface area contributed by atoms with E-state index in [1.807, 2.05) is 31.2 Å². The Hall–Kier alpha value is -1.68. The third-order valence-corrected chi connectivity index (χ3v) is 3.28. The molecule has 0 aliphatic carbocycles. The molecule has 0 spiro atoms. The number of nitrogens with one attached hydrogen (secondary N) is 1. The molecule has 0 saturated carbocycles. The number of benzene rings is 1. The first-order valence-electron chi connectivity index (χ1n) is 5.58. The maximum Gasteiger partial charge on any atom is 0.144 e. The van der Waals surface area contributed by atoms with Gasteiger partial charge in [0, 0.05) is 11.4 Å². The number of hydrogen-bond donors (Lipinski definition) is 2. The minimum absolute atomic E-state index is 0.624. The van der Waals surface area contributed by atoms with E-state index in [1.54, 1.807) is 11.3 Å². The first-order valence-corrected chi connectivity index (χ1v) is 6.46. The molecule has 1 heterocycles. The SMILES string of the molecule is CCOc1cccc(NCc2cccs2)c1N. The summed E-state index contributed by atoms with van der Waals surface area (Å²) in [6.45, 7) is 3.36. The molecule has 3 N–H and O–H groups in total. The van der Waals surface area contributed by atoms with Gasteiger partial charge in [-0.05, 0) is 30.5 Å². The predicted molar refractivity (Wildman–Crippen MR) is 73.7 cm³/mol. The Labute approximate surface area is 105 Å². The molecule has 0 fully saturated rings. The van der Waals surface area contributed by atoms with Gasteiger partial charge in [-0.15, -0.1) is 11.3 Å². The van der Waals surface area contributed by atoms with Gasteiger partial charge in [-0.3, -0.25) is 0 Å². The molecule has 0 unspecified atom stereocenters. The van der Waals surface area contributed by atoms with Gasteiger partial charge in [0.2, 0.25) is 0 Å². The van der Waals surface area contributed by atoms with Crippen molar-refractivity contribution >= 4 is 22.7 Å². The van der Waals surface area contributed by atoms with Gasteiger partial charge in [-0.2, -0.15) is 0 Å². The zero-order valence-electron chi connectivity index (χ0n) is 9.77. The van der Waals surface area contributed by atoms with E-state index in [-0.39, 0.29) is 0 Å². The lowest BCUT2D eigenvalue weighted by Gasteiger charge is -2.12. The second-order valence-electron chi connectivity index (χ2n) is 3.58. The number of ether oxygens (including phenoxy) is 1. The number of rotatable bonds is 5. The quantitative estimate of drug-likeness (QED) is 0.798. The molecule has 1 aromatic carbocycles. The molecule has 0 atom stereocenters. The van der Waals surface area contributed by atoms with E-state index in [2.05, 4.69) is 16.8 Å². The van der Waals surface area contributed by atoms with E-state index in [0.29, 0.717) is 12.3 Å². The average Bonchev–Trinajstić information content (AvgIpc) is 2.83. The molecule has 0 aliphatic heterocycles. The lowest BCUT2D eigenvalue weighted by atomic mass is 10.2. The summed E-state index contributed by atoms with van der Waals surface area (Å²) in [5.74, 6) is 0.740. The normalized spacial score (nSPS) is 10.2. The van der Waals surface area contributed by atoms with E-state index >= 15 is 0 Å². The highest BCUT2D eigenvalue weighted by molar-refractivity contribution is 7.09. The van der Waals surface area contributed by atoms with Gasteiger partial charge in [0.1, 0.15) is 5.75 Å². The van der Waals surface area contributed by atoms with Crippen molar-refractivity contribution in [3.8, 4) is 5.75 Å². The Morgan fingerprint density at radius 1 is 1.29 bits per heavy atom. The smallest absolute Gasteiger partial charge is 0.144 e. The highest BCUT2D eigenvalue weighted by Crippen LogP contribution is 2.29. The second kappa shape index (κ2) is 5.59. The number of thiophene rings is 1. The summed E-state index contributed by atoms with van der Waals surface area (Å²) in [6, 6.07) is 9.93. The largest absolute Gasteiger partial charge is 0.492 e. The third-order valence-electron chi connectivity index (χ3n) is 2.40. The lowest BCUT2D eigenvalue weighted by Crippen LogP contribution is -2.03. The summed E-state index contributed by atoms with van der Waals surface area (Å²) in [7, 11) is 0. The van der Waals surface area contributed by atoms with E-state index in [4.69, 9.17) is 10.5 Å². The van der Waals surface area contributed by atoms with Crippen molar-refractivity contribution in [1.82, 2.24) is 0 Å². The van der Waals surface area contributed by atoms with E-state index in [1.165, 1.54) is 4.88 Å². The summed E-state index contributed by atoms with van der Waals surface area (Å²) in [4.78, 5) is 1.28. The van der Waals surface area contributed by atoms with Crippen LogP contribution >= 0.6 is 11.3 Å². The van der Waals surface area contributed by atoms with E-state index in [9.17, 15) is 0 Å². The molecule has 0 aliphatic rings. The van der Waals surface area contributed by atoms with Crippen molar-refractivity contribution in [3.63, 3.8) is 0 Å². The molecule has 2 rings (SSSR count). The van der Waals surface area contributed by atoms with Crippen molar-refractivity contribution in [2.75, 3.05) is 17.7 Å². The van der Waals surface area contributed by atoms with Crippen LogP contribution in [0.15, 0.2) is 35.7 Å². The van der Waals surface area contributed by atoms with Crippen LogP contribution in [0.1, 0.15) is 11.8 Å². The molecule has 17 heavy (non-hydrogen) atoms. The number of para-hydroxylation sites is 1.